The summed E-state index contributed by atoms with van der Waals surface area (Å²) in [5.41, 5.74) is -0.106. The van der Waals surface area contributed by atoms with E-state index in [1.165, 1.54) is 12.8 Å². The molecule has 1 N–H and O–H groups in total. The summed E-state index contributed by atoms with van der Waals surface area (Å²) >= 11 is 0. The fourth-order valence-corrected chi connectivity index (χ4v) is 3.07. The van der Waals surface area contributed by atoms with Crippen molar-refractivity contribution in [2.75, 3.05) is 7.11 Å². The number of hydrogen-bond donors (Lipinski definition) is 1. The van der Waals surface area contributed by atoms with Crippen LogP contribution in [0.3, 0.4) is 0 Å². The maximum Gasteiger partial charge on any atom is 0.349 e. The van der Waals surface area contributed by atoms with Crippen molar-refractivity contribution >= 4 is 16.9 Å². The minimum Gasteiger partial charge on any atom is -0.497 e. The Bertz CT molecular complexity index is 757. The Morgan fingerprint density at radius 2 is 1.91 bits per heavy atom. The van der Waals surface area contributed by atoms with Crippen LogP contribution in [0.25, 0.3) is 11.0 Å². The molecule has 1 heterocycles. The van der Waals surface area contributed by atoms with Crippen LogP contribution in [0.4, 0.5) is 0 Å². The number of benzene rings is 1. The van der Waals surface area contributed by atoms with E-state index in [2.05, 4.69) is 5.32 Å². The Morgan fingerprint density at radius 3 is 2.61 bits per heavy atom. The topological polar surface area (TPSA) is 68.5 Å². The summed E-state index contributed by atoms with van der Waals surface area (Å²) in [6.07, 6.45) is 6.61. The van der Waals surface area contributed by atoms with Gasteiger partial charge in [-0.05, 0) is 37.1 Å². The molecule has 5 nitrogen and oxygen atoms in total. The lowest BCUT2D eigenvalue weighted by Crippen LogP contribution is -2.36. The smallest absolute Gasteiger partial charge is 0.349 e. The van der Waals surface area contributed by atoms with E-state index in [0.717, 1.165) is 25.7 Å². The van der Waals surface area contributed by atoms with Crippen LogP contribution < -0.4 is 15.7 Å². The number of amides is 1. The first-order valence-corrected chi connectivity index (χ1v) is 8.10. The minimum absolute atomic E-state index is 0.0509. The van der Waals surface area contributed by atoms with Crippen molar-refractivity contribution in [3.8, 4) is 5.75 Å². The highest BCUT2D eigenvalue weighted by Crippen LogP contribution is 2.21. The van der Waals surface area contributed by atoms with E-state index >= 15 is 0 Å². The Morgan fingerprint density at radius 1 is 1.17 bits per heavy atom. The quantitative estimate of drug-likeness (QED) is 0.697. The molecule has 5 heteroatoms. The molecule has 1 aromatic heterocycles. The molecule has 3 rings (SSSR count). The fraction of sp³-hybridized carbons (Fsp3) is 0.444. The number of fused-ring (bicyclic) bond motifs is 1. The molecule has 122 valence electrons. The van der Waals surface area contributed by atoms with Crippen molar-refractivity contribution in [2.24, 2.45) is 0 Å². The third-order valence-corrected chi connectivity index (χ3v) is 4.37. The van der Waals surface area contributed by atoms with Crippen LogP contribution in [0.2, 0.25) is 0 Å². The van der Waals surface area contributed by atoms with Crippen LogP contribution in [-0.2, 0) is 0 Å². The molecule has 23 heavy (non-hydrogen) atoms. The predicted octanol–water partition coefficient (Wildman–Crippen LogP) is 3.25. The van der Waals surface area contributed by atoms with E-state index < -0.39 is 5.63 Å². The van der Waals surface area contributed by atoms with Gasteiger partial charge >= 0.3 is 5.63 Å². The third kappa shape index (κ3) is 3.55. The summed E-state index contributed by atoms with van der Waals surface area (Å²) in [5, 5.41) is 3.65. The van der Waals surface area contributed by atoms with Gasteiger partial charge in [0.1, 0.15) is 16.9 Å². The van der Waals surface area contributed by atoms with Crippen molar-refractivity contribution in [3.63, 3.8) is 0 Å². The van der Waals surface area contributed by atoms with Gasteiger partial charge in [-0.15, -0.1) is 0 Å². The highest BCUT2D eigenvalue weighted by molar-refractivity contribution is 5.96. The summed E-state index contributed by atoms with van der Waals surface area (Å²) in [4.78, 5) is 24.5. The molecule has 1 aliphatic rings. The lowest BCUT2D eigenvalue weighted by Gasteiger charge is -2.15. The third-order valence-electron chi connectivity index (χ3n) is 4.37. The monoisotopic (exact) mass is 315 g/mol. The molecule has 0 saturated heterocycles. The average Bonchev–Trinajstić information content (AvgIpc) is 2.82. The van der Waals surface area contributed by atoms with E-state index in [4.69, 9.17) is 9.15 Å². The van der Waals surface area contributed by atoms with Crippen molar-refractivity contribution < 1.29 is 13.9 Å². The van der Waals surface area contributed by atoms with Crippen molar-refractivity contribution in [3.05, 3.63) is 40.2 Å². The van der Waals surface area contributed by atoms with Crippen molar-refractivity contribution in [2.45, 2.75) is 44.6 Å². The van der Waals surface area contributed by atoms with Gasteiger partial charge in [0.2, 0.25) is 0 Å². The SMILES string of the molecule is COc1ccc2oc(=O)c(C(=O)NC3CCCCCC3)cc2c1. The molecule has 0 aliphatic heterocycles. The van der Waals surface area contributed by atoms with Gasteiger partial charge in [0, 0.05) is 11.4 Å². The van der Waals surface area contributed by atoms with Gasteiger partial charge in [0.05, 0.1) is 7.11 Å². The van der Waals surface area contributed by atoms with Crippen LogP contribution in [-0.4, -0.2) is 19.1 Å². The van der Waals surface area contributed by atoms with E-state index in [1.54, 1.807) is 31.4 Å². The van der Waals surface area contributed by atoms with Gasteiger partial charge in [0.25, 0.3) is 5.91 Å². The van der Waals surface area contributed by atoms with Crippen LogP contribution in [0.15, 0.2) is 33.5 Å². The number of hydrogen-bond acceptors (Lipinski definition) is 4. The lowest BCUT2D eigenvalue weighted by molar-refractivity contribution is 0.0930. The van der Waals surface area contributed by atoms with Crippen LogP contribution in [0.5, 0.6) is 5.75 Å². The zero-order valence-electron chi connectivity index (χ0n) is 13.3. The second-order valence-electron chi connectivity index (χ2n) is 6.01. The molecule has 1 aromatic carbocycles. The first-order valence-electron chi connectivity index (χ1n) is 8.10. The zero-order valence-corrected chi connectivity index (χ0v) is 13.3. The standard InChI is InChI=1S/C18H21NO4/c1-22-14-8-9-16-12(10-14)11-15(18(21)23-16)17(20)19-13-6-4-2-3-5-7-13/h8-11,13H,2-7H2,1H3,(H,19,20). The summed E-state index contributed by atoms with van der Waals surface area (Å²) in [6.45, 7) is 0. The molecule has 1 amide bonds. The van der Waals surface area contributed by atoms with Gasteiger partial charge in [-0.1, -0.05) is 25.7 Å². The fourth-order valence-electron chi connectivity index (χ4n) is 3.07. The largest absolute Gasteiger partial charge is 0.497 e. The van der Waals surface area contributed by atoms with Crippen molar-refractivity contribution in [1.29, 1.82) is 0 Å². The van der Waals surface area contributed by atoms with Gasteiger partial charge in [-0.3, -0.25) is 4.79 Å². The molecule has 1 fully saturated rings. The molecule has 0 atom stereocenters. The highest BCUT2D eigenvalue weighted by atomic mass is 16.5. The Kier molecular flexibility index (Phi) is 4.65. The van der Waals surface area contributed by atoms with Gasteiger partial charge < -0.3 is 14.5 Å². The molecule has 0 bridgehead atoms. The van der Waals surface area contributed by atoms with Crippen LogP contribution >= 0.6 is 0 Å². The number of carbonyl (C=O) groups excluding carboxylic acids is 1. The zero-order chi connectivity index (χ0) is 16.2. The molecule has 2 aromatic rings. The number of carbonyl (C=O) groups is 1. The van der Waals surface area contributed by atoms with Gasteiger partial charge in [-0.2, -0.15) is 0 Å². The predicted molar refractivity (Wildman–Crippen MR) is 88.0 cm³/mol. The Balaban J connectivity index is 1.86. The average molecular weight is 315 g/mol. The first-order chi connectivity index (χ1) is 11.2. The second kappa shape index (κ2) is 6.86. The van der Waals surface area contributed by atoms with Crippen LogP contribution in [0.1, 0.15) is 48.9 Å². The number of nitrogens with one attached hydrogen (secondary N) is 1. The maximum absolute atomic E-state index is 12.4. The molecule has 1 aliphatic carbocycles. The summed E-state index contributed by atoms with van der Waals surface area (Å²) in [6, 6.07) is 6.86. The molecular formula is C18H21NO4. The number of ether oxygens (including phenoxy) is 1. The molecule has 0 spiro atoms. The number of methoxy groups -OCH3 is 1. The van der Waals surface area contributed by atoms with Crippen molar-refractivity contribution in [1.82, 2.24) is 5.32 Å². The molecular weight excluding hydrogens is 294 g/mol. The van der Waals surface area contributed by atoms with Gasteiger partial charge in [0.15, 0.2) is 0 Å². The van der Waals surface area contributed by atoms with E-state index in [1.807, 2.05) is 0 Å². The second-order valence-corrected chi connectivity index (χ2v) is 6.01. The number of rotatable bonds is 3. The maximum atomic E-state index is 12.4. The van der Waals surface area contributed by atoms with E-state index in [-0.39, 0.29) is 17.5 Å². The Hall–Kier alpha value is -2.30. The normalized spacial score (nSPS) is 16.0. The summed E-state index contributed by atoms with van der Waals surface area (Å²) in [5.74, 6) is 0.303. The van der Waals surface area contributed by atoms with E-state index in [9.17, 15) is 9.59 Å². The van der Waals surface area contributed by atoms with E-state index in [0.29, 0.717) is 16.7 Å². The Labute approximate surface area is 134 Å². The lowest BCUT2D eigenvalue weighted by atomic mass is 10.1. The summed E-state index contributed by atoms with van der Waals surface area (Å²) < 4.78 is 10.4. The molecule has 0 radical (unpaired) electrons. The van der Waals surface area contributed by atoms with Gasteiger partial charge in [-0.25, -0.2) is 4.79 Å². The summed E-state index contributed by atoms with van der Waals surface area (Å²) in [7, 11) is 1.57. The minimum atomic E-state index is -0.603. The highest BCUT2D eigenvalue weighted by Gasteiger charge is 2.19. The molecule has 0 unspecified atom stereocenters. The first kappa shape index (κ1) is 15.6. The van der Waals surface area contributed by atoms with Crippen LogP contribution in [0, 0.1) is 0 Å². The molecule has 1 saturated carbocycles.